The number of fused-ring (bicyclic) bond motifs is 2. The molecule has 3 aromatic rings. The van der Waals surface area contributed by atoms with Crippen molar-refractivity contribution >= 4 is 16.6 Å². The van der Waals surface area contributed by atoms with Crippen molar-refractivity contribution in [3.8, 4) is 11.1 Å². The van der Waals surface area contributed by atoms with Gasteiger partial charge in [-0.15, -0.1) is 0 Å². The summed E-state index contributed by atoms with van der Waals surface area (Å²) in [5.41, 5.74) is 4.34. The van der Waals surface area contributed by atoms with Crippen LogP contribution >= 0.6 is 0 Å². The summed E-state index contributed by atoms with van der Waals surface area (Å²) in [6.07, 6.45) is 1.54. The first kappa shape index (κ1) is 11.4. The fraction of sp³-hybridized carbons (Fsp3) is 0.105. The first-order valence-electron chi connectivity index (χ1n) is 6.97. The number of carbonyl (C=O) groups excluding carboxylic acids is 1. The lowest BCUT2D eigenvalue weighted by Crippen LogP contribution is -1.95. The van der Waals surface area contributed by atoms with Crippen molar-refractivity contribution in [2.75, 3.05) is 0 Å². The van der Waals surface area contributed by atoms with Crippen LogP contribution in [0.5, 0.6) is 0 Å². The van der Waals surface area contributed by atoms with Crippen LogP contribution in [0.1, 0.15) is 22.3 Å². The molecule has 0 fully saturated rings. The third-order valence-electron chi connectivity index (χ3n) is 4.11. The van der Waals surface area contributed by atoms with Crippen LogP contribution in [-0.2, 0) is 6.42 Å². The number of benzene rings is 3. The Labute approximate surface area is 117 Å². The molecule has 0 bridgehead atoms. The van der Waals surface area contributed by atoms with E-state index >= 15 is 0 Å². The highest BCUT2D eigenvalue weighted by atomic mass is 16.1. The average molecular weight is 258 g/mol. The van der Waals surface area contributed by atoms with Crippen molar-refractivity contribution in [1.82, 2.24) is 0 Å². The molecule has 0 atom stereocenters. The predicted octanol–water partition coefficient (Wildman–Crippen LogP) is 4.64. The van der Waals surface area contributed by atoms with Crippen LogP contribution in [-0.4, -0.2) is 5.78 Å². The minimum absolute atomic E-state index is 0.281. The van der Waals surface area contributed by atoms with Crippen LogP contribution < -0.4 is 0 Å². The van der Waals surface area contributed by atoms with Crippen molar-refractivity contribution in [1.29, 1.82) is 0 Å². The quantitative estimate of drug-likeness (QED) is 0.621. The second kappa shape index (κ2) is 4.31. The summed E-state index contributed by atoms with van der Waals surface area (Å²) in [5.74, 6) is 0.281. The van der Waals surface area contributed by atoms with Crippen LogP contribution in [0.3, 0.4) is 0 Å². The molecule has 4 rings (SSSR count). The average Bonchev–Trinajstić information content (AvgIpc) is 2.88. The molecular formula is C19H14O. The molecule has 0 saturated heterocycles. The summed E-state index contributed by atoms with van der Waals surface area (Å²) in [6, 6.07) is 20.9. The Morgan fingerprint density at radius 1 is 0.750 bits per heavy atom. The van der Waals surface area contributed by atoms with Crippen molar-refractivity contribution < 1.29 is 4.79 Å². The molecule has 20 heavy (non-hydrogen) atoms. The van der Waals surface area contributed by atoms with E-state index in [1.807, 2.05) is 12.1 Å². The van der Waals surface area contributed by atoms with E-state index in [1.165, 1.54) is 16.3 Å². The topological polar surface area (TPSA) is 17.1 Å². The third kappa shape index (κ3) is 1.67. The number of ketones is 1. The minimum Gasteiger partial charge on any atom is -0.294 e. The van der Waals surface area contributed by atoms with E-state index in [0.717, 1.165) is 23.1 Å². The van der Waals surface area contributed by atoms with Crippen LogP contribution in [0, 0.1) is 0 Å². The molecule has 0 aliphatic heterocycles. The van der Waals surface area contributed by atoms with Crippen molar-refractivity contribution in [3.05, 3.63) is 71.8 Å². The highest BCUT2D eigenvalue weighted by molar-refractivity contribution is 6.06. The van der Waals surface area contributed by atoms with Gasteiger partial charge in [0.15, 0.2) is 5.78 Å². The van der Waals surface area contributed by atoms with E-state index in [4.69, 9.17) is 0 Å². The molecule has 1 heteroatoms. The van der Waals surface area contributed by atoms with Gasteiger partial charge in [-0.1, -0.05) is 54.6 Å². The molecule has 1 aliphatic rings. The Balaban J connectivity index is 1.96. The monoisotopic (exact) mass is 258 g/mol. The lowest BCUT2D eigenvalue weighted by atomic mass is 9.95. The van der Waals surface area contributed by atoms with Gasteiger partial charge in [-0.25, -0.2) is 0 Å². The first-order chi connectivity index (χ1) is 9.83. The van der Waals surface area contributed by atoms with Gasteiger partial charge < -0.3 is 0 Å². The number of Topliss-reactive ketones (excluding diaryl/α,β-unsaturated/α-hetero) is 1. The lowest BCUT2D eigenvalue weighted by molar-refractivity contribution is 0.0995. The summed E-state index contributed by atoms with van der Waals surface area (Å²) >= 11 is 0. The third-order valence-corrected chi connectivity index (χ3v) is 4.11. The Morgan fingerprint density at radius 3 is 2.50 bits per heavy atom. The van der Waals surface area contributed by atoms with Gasteiger partial charge in [-0.05, 0) is 39.9 Å². The largest absolute Gasteiger partial charge is 0.294 e. The number of rotatable bonds is 1. The Kier molecular flexibility index (Phi) is 2.46. The highest BCUT2D eigenvalue weighted by Gasteiger charge is 2.22. The maximum absolute atomic E-state index is 12.1. The lowest BCUT2D eigenvalue weighted by Gasteiger charge is -2.09. The van der Waals surface area contributed by atoms with Gasteiger partial charge >= 0.3 is 0 Å². The summed E-state index contributed by atoms with van der Waals surface area (Å²) in [5, 5.41) is 2.45. The smallest absolute Gasteiger partial charge is 0.164 e. The fourth-order valence-corrected chi connectivity index (χ4v) is 3.11. The second-order valence-electron chi connectivity index (χ2n) is 5.32. The maximum atomic E-state index is 12.1. The molecule has 0 amide bonds. The Bertz CT molecular complexity index is 830. The van der Waals surface area contributed by atoms with Crippen molar-refractivity contribution in [3.63, 3.8) is 0 Å². The zero-order valence-corrected chi connectivity index (χ0v) is 11.1. The number of hydrogen-bond donors (Lipinski definition) is 0. The fourth-order valence-electron chi connectivity index (χ4n) is 3.11. The minimum atomic E-state index is 0.281. The van der Waals surface area contributed by atoms with Gasteiger partial charge in [0.1, 0.15) is 0 Å². The highest BCUT2D eigenvalue weighted by Crippen LogP contribution is 2.33. The van der Waals surface area contributed by atoms with Gasteiger partial charge in [0.25, 0.3) is 0 Å². The molecule has 1 nitrogen and oxygen atoms in total. The molecule has 0 unspecified atom stereocenters. The SMILES string of the molecule is O=C1CCc2cccc(-c3ccc4ccccc4c3)c21. The van der Waals surface area contributed by atoms with Crippen LogP contribution in [0.4, 0.5) is 0 Å². The van der Waals surface area contributed by atoms with Crippen LogP contribution in [0.25, 0.3) is 21.9 Å². The Hall–Kier alpha value is -2.41. The van der Waals surface area contributed by atoms with E-state index in [-0.39, 0.29) is 5.78 Å². The molecule has 0 N–H and O–H groups in total. The first-order valence-corrected chi connectivity index (χ1v) is 6.97. The summed E-state index contributed by atoms with van der Waals surface area (Å²) < 4.78 is 0. The normalized spacial score (nSPS) is 13.7. The summed E-state index contributed by atoms with van der Waals surface area (Å²) in [6.45, 7) is 0. The van der Waals surface area contributed by atoms with Gasteiger partial charge in [-0.3, -0.25) is 4.79 Å². The molecule has 0 heterocycles. The van der Waals surface area contributed by atoms with E-state index in [0.29, 0.717) is 6.42 Å². The number of carbonyl (C=O) groups is 1. The van der Waals surface area contributed by atoms with E-state index in [9.17, 15) is 4.79 Å². The Morgan fingerprint density at radius 2 is 1.60 bits per heavy atom. The van der Waals surface area contributed by atoms with Gasteiger partial charge in [-0.2, -0.15) is 0 Å². The maximum Gasteiger partial charge on any atom is 0.164 e. The van der Waals surface area contributed by atoms with Gasteiger partial charge in [0.05, 0.1) is 0 Å². The van der Waals surface area contributed by atoms with E-state index in [1.54, 1.807) is 0 Å². The van der Waals surface area contributed by atoms with E-state index < -0.39 is 0 Å². The van der Waals surface area contributed by atoms with Crippen molar-refractivity contribution in [2.24, 2.45) is 0 Å². The molecule has 0 spiro atoms. The standard InChI is InChI=1S/C19H14O/c20-18-11-10-14-6-3-7-17(19(14)18)16-9-8-13-4-1-2-5-15(13)12-16/h1-9,12H,10-11H2. The van der Waals surface area contributed by atoms with Gasteiger partial charge in [0.2, 0.25) is 0 Å². The number of hydrogen-bond acceptors (Lipinski definition) is 1. The molecule has 96 valence electrons. The summed E-state index contributed by atoms with van der Waals surface area (Å²) in [4.78, 5) is 12.1. The molecule has 0 radical (unpaired) electrons. The molecular weight excluding hydrogens is 244 g/mol. The second-order valence-corrected chi connectivity index (χ2v) is 5.32. The van der Waals surface area contributed by atoms with Gasteiger partial charge in [0, 0.05) is 12.0 Å². The number of aryl methyl sites for hydroxylation is 1. The zero-order chi connectivity index (χ0) is 13.5. The predicted molar refractivity (Wildman–Crippen MR) is 82.0 cm³/mol. The van der Waals surface area contributed by atoms with Crippen LogP contribution in [0.2, 0.25) is 0 Å². The van der Waals surface area contributed by atoms with E-state index in [2.05, 4.69) is 48.5 Å². The zero-order valence-electron chi connectivity index (χ0n) is 11.1. The molecule has 0 saturated carbocycles. The molecule has 0 aromatic heterocycles. The van der Waals surface area contributed by atoms with Crippen LogP contribution in [0.15, 0.2) is 60.7 Å². The molecule has 3 aromatic carbocycles. The van der Waals surface area contributed by atoms with Crippen molar-refractivity contribution in [2.45, 2.75) is 12.8 Å². The summed E-state index contributed by atoms with van der Waals surface area (Å²) in [7, 11) is 0. The molecule has 1 aliphatic carbocycles.